The van der Waals surface area contributed by atoms with Gasteiger partial charge in [0.1, 0.15) is 5.82 Å². The van der Waals surface area contributed by atoms with Crippen LogP contribution < -0.4 is 4.90 Å². The number of nitrogens with zero attached hydrogens (tertiary/aromatic N) is 1. The highest BCUT2D eigenvalue weighted by Crippen LogP contribution is 2.25. The van der Waals surface area contributed by atoms with E-state index in [1.165, 1.54) is 6.07 Å². The van der Waals surface area contributed by atoms with Crippen LogP contribution in [0.15, 0.2) is 18.2 Å². The maximum atomic E-state index is 13.2. The summed E-state index contributed by atoms with van der Waals surface area (Å²) in [7, 11) is 0. The first-order valence-electron chi connectivity index (χ1n) is 6.80. The Morgan fingerprint density at radius 2 is 2.11 bits per heavy atom. The summed E-state index contributed by atoms with van der Waals surface area (Å²) in [6, 6.07) is 4.22. The Kier molecular flexibility index (Phi) is 5.80. The first-order chi connectivity index (χ1) is 9.01. The molecular formula is C15H22FNO2. The van der Waals surface area contributed by atoms with Crippen LogP contribution in [0.25, 0.3) is 0 Å². The number of carbonyl (C=O) groups is 1. The topological polar surface area (TPSA) is 40.5 Å². The predicted molar refractivity (Wildman–Crippen MR) is 75.4 cm³/mol. The molecule has 0 saturated heterocycles. The Balaban J connectivity index is 3.17. The Morgan fingerprint density at radius 3 is 2.63 bits per heavy atom. The van der Waals surface area contributed by atoms with Gasteiger partial charge in [-0.2, -0.15) is 0 Å². The zero-order valence-corrected chi connectivity index (χ0v) is 11.8. The van der Waals surface area contributed by atoms with Crippen LogP contribution in [0, 0.1) is 5.82 Å². The van der Waals surface area contributed by atoms with E-state index in [-0.39, 0.29) is 11.6 Å². The average molecular weight is 267 g/mol. The molecule has 0 heterocycles. The largest absolute Gasteiger partial charge is 0.478 e. The van der Waals surface area contributed by atoms with E-state index < -0.39 is 11.8 Å². The minimum absolute atomic E-state index is 0.0383. The van der Waals surface area contributed by atoms with E-state index in [2.05, 4.69) is 25.7 Å². The molecule has 19 heavy (non-hydrogen) atoms. The van der Waals surface area contributed by atoms with Crippen molar-refractivity contribution in [2.24, 2.45) is 0 Å². The molecule has 1 aromatic rings. The molecule has 0 aliphatic heterocycles. The van der Waals surface area contributed by atoms with Crippen molar-refractivity contribution in [3.63, 3.8) is 0 Å². The predicted octanol–water partition coefficient (Wildman–Crippen LogP) is 3.93. The van der Waals surface area contributed by atoms with Gasteiger partial charge in [-0.3, -0.25) is 0 Å². The number of anilines is 1. The molecule has 1 N–H and O–H groups in total. The van der Waals surface area contributed by atoms with Crippen molar-refractivity contribution in [1.29, 1.82) is 0 Å². The van der Waals surface area contributed by atoms with E-state index >= 15 is 0 Å². The molecular weight excluding hydrogens is 245 g/mol. The number of benzene rings is 1. The van der Waals surface area contributed by atoms with Gasteiger partial charge in [-0.15, -0.1) is 0 Å². The van der Waals surface area contributed by atoms with E-state index in [0.717, 1.165) is 31.9 Å². The van der Waals surface area contributed by atoms with Crippen LogP contribution in [0.5, 0.6) is 0 Å². The van der Waals surface area contributed by atoms with E-state index in [1.54, 1.807) is 6.07 Å². The average Bonchev–Trinajstić information content (AvgIpc) is 2.39. The van der Waals surface area contributed by atoms with Crippen LogP contribution in [-0.4, -0.2) is 23.7 Å². The molecule has 0 fully saturated rings. The summed E-state index contributed by atoms with van der Waals surface area (Å²) >= 11 is 0. The monoisotopic (exact) mass is 267 g/mol. The summed E-state index contributed by atoms with van der Waals surface area (Å²) in [5.74, 6) is -1.60. The lowest BCUT2D eigenvalue weighted by Crippen LogP contribution is -2.34. The molecule has 1 aromatic carbocycles. The lowest BCUT2D eigenvalue weighted by molar-refractivity contribution is 0.0697. The summed E-state index contributed by atoms with van der Waals surface area (Å²) in [5.41, 5.74) is 0.646. The number of aromatic carboxylic acids is 1. The summed E-state index contributed by atoms with van der Waals surface area (Å²) in [4.78, 5) is 13.3. The van der Waals surface area contributed by atoms with Gasteiger partial charge in [0.05, 0.1) is 11.3 Å². The number of halogens is 1. The van der Waals surface area contributed by atoms with Gasteiger partial charge in [0.15, 0.2) is 0 Å². The number of carboxylic acids is 1. The molecule has 106 valence electrons. The number of carboxylic acid groups (broad SMARTS) is 1. The SMILES string of the molecule is CCCCN(c1ccc(F)cc1C(=O)O)C(C)CC. The fourth-order valence-electron chi connectivity index (χ4n) is 2.06. The van der Waals surface area contributed by atoms with Gasteiger partial charge in [0.2, 0.25) is 0 Å². The van der Waals surface area contributed by atoms with Crippen LogP contribution in [-0.2, 0) is 0 Å². The lowest BCUT2D eigenvalue weighted by atomic mass is 10.1. The Hall–Kier alpha value is -1.58. The van der Waals surface area contributed by atoms with Crippen molar-refractivity contribution in [2.45, 2.75) is 46.1 Å². The molecule has 0 saturated carbocycles. The third-order valence-electron chi connectivity index (χ3n) is 3.37. The standard InChI is InChI=1S/C15H22FNO2/c1-4-6-9-17(11(3)5-2)14-8-7-12(16)10-13(14)15(18)19/h7-8,10-11H,4-6,9H2,1-3H3,(H,18,19). The molecule has 0 aliphatic carbocycles. The van der Waals surface area contributed by atoms with Gasteiger partial charge in [-0.25, -0.2) is 9.18 Å². The smallest absolute Gasteiger partial charge is 0.337 e. The maximum absolute atomic E-state index is 13.2. The fourth-order valence-corrected chi connectivity index (χ4v) is 2.06. The minimum atomic E-state index is -1.08. The zero-order chi connectivity index (χ0) is 14.4. The number of unbranched alkanes of at least 4 members (excludes halogenated alkanes) is 1. The van der Waals surface area contributed by atoms with E-state index in [0.29, 0.717) is 5.69 Å². The normalized spacial score (nSPS) is 12.2. The number of hydrogen-bond donors (Lipinski definition) is 1. The molecule has 0 bridgehead atoms. The van der Waals surface area contributed by atoms with Gasteiger partial charge in [0, 0.05) is 12.6 Å². The molecule has 4 heteroatoms. The van der Waals surface area contributed by atoms with E-state index in [9.17, 15) is 14.3 Å². The highest BCUT2D eigenvalue weighted by molar-refractivity contribution is 5.94. The van der Waals surface area contributed by atoms with Gasteiger partial charge >= 0.3 is 5.97 Å². The Morgan fingerprint density at radius 1 is 1.42 bits per heavy atom. The first kappa shape index (κ1) is 15.5. The molecule has 3 nitrogen and oxygen atoms in total. The quantitative estimate of drug-likeness (QED) is 0.813. The van der Waals surface area contributed by atoms with Crippen LogP contribution in [0.4, 0.5) is 10.1 Å². The third kappa shape index (κ3) is 3.94. The highest BCUT2D eigenvalue weighted by atomic mass is 19.1. The molecule has 0 aliphatic rings. The van der Waals surface area contributed by atoms with E-state index in [4.69, 9.17) is 0 Å². The van der Waals surface area contributed by atoms with Gasteiger partial charge < -0.3 is 10.0 Å². The van der Waals surface area contributed by atoms with Gasteiger partial charge in [0.25, 0.3) is 0 Å². The summed E-state index contributed by atoms with van der Waals surface area (Å²) < 4.78 is 13.2. The van der Waals surface area contributed by atoms with Crippen molar-refractivity contribution in [1.82, 2.24) is 0 Å². The van der Waals surface area contributed by atoms with Crippen LogP contribution >= 0.6 is 0 Å². The Bertz CT molecular complexity index is 434. The van der Waals surface area contributed by atoms with Gasteiger partial charge in [-0.05, 0) is 38.0 Å². The molecule has 1 rings (SSSR count). The third-order valence-corrected chi connectivity index (χ3v) is 3.37. The van der Waals surface area contributed by atoms with Crippen molar-refractivity contribution < 1.29 is 14.3 Å². The van der Waals surface area contributed by atoms with Crippen molar-refractivity contribution >= 4 is 11.7 Å². The minimum Gasteiger partial charge on any atom is -0.478 e. The molecule has 0 spiro atoms. The highest BCUT2D eigenvalue weighted by Gasteiger charge is 2.19. The van der Waals surface area contributed by atoms with Crippen LogP contribution in [0.2, 0.25) is 0 Å². The fraction of sp³-hybridized carbons (Fsp3) is 0.533. The van der Waals surface area contributed by atoms with Crippen molar-refractivity contribution in [2.75, 3.05) is 11.4 Å². The summed E-state index contributed by atoms with van der Waals surface area (Å²) in [6.07, 6.45) is 2.94. The second kappa shape index (κ2) is 7.12. The molecule has 1 unspecified atom stereocenters. The first-order valence-corrected chi connectivity index (χ1v) is 6.80. The maximum Gasteiger partial charge on any atom is 0.337 e. The Labute approximate surface area is 114 Å². The van der Waals surface area contributed by atoms with Crippen molar-refractivity contribution in [3.05, 3.63) is 29.6 Å². The summed E-state index contributed by atoms with van der Waals surface area (Å²) in [6.45, 7) is 7.01. The molecule has 0 radical (unpaired) electrons. The van der Waals surface area contributed by atoms with Crippen molar-refractivity contribution in [3.8, 4) is 0 Å². The van der Waals surface area contributed by atoms with Crippen LogP contribution in [0.1, 0.15) is 50.4 Å². The van der Waals surface area contributed by atoms with E-state index in [1.807, 2.05) is 0 Å². The zero-order valence-electron chi connectivity index (χ0n) is 11.8. The van der Waals surface area contributed by atoms with Gasteiger partial charge in [-0.1, -0.05) is 20.3 Å². The lowest BCUT2D eigenvalue weighted by Gasteiger charge is -2.32. The summed E-state index contributed by atoms with van der Waals surface area (Å²) in [5, 5.41) is 9.23. The molecule has 1 atom stereocenters. The molecule has 0 aromatic heterocycles. The second-order valence-electron chi connectivity index (χ2n) is 4.77. The molecule has 0 amide bonds. The number of hydrogen-bond acceptors (Lipinski definition) is 2. The van der Waals surface area contributed by atoms with Crippen LogP contribution in [0.3, 0.4) is 0 Å². The second-order valence-corrected chi connectivity index (χ2v) is 4.77. The number of rotatable bonds is 7.